The predicted molar refractivity (Wildman–Crippen MR) is 102 cm³/mol. The van der Waals surface area contributed by atoms with E-state index in [2.05, 4.69) is 32.4 Å². The molecule has 2 aromatic heterocycles. The quantitative estimate of drug-likeness (QED) is 0.742. The summed E-state index contributed by atoms with van der Waals surface area (Å²) in [6, 6.07) is 10.1. The summed E-state index contributed by atoms with van der Waals surface area (Å²) >= 11 is 0. The SMILES string of the molecule is CN1CCC[C@H](CNc2ccc(-c3nc(-c4ccccc4F)no3)cn2)C1. The van der Waals surface area contributed by atoms with Crippen molar-refractivity contribution in [2.75, 3.05) is 32.0 Å². The lowest BCUT2D eigenvalue weighted by molar-refractivity contribution is 0.217. The van der Waals surface area contributed by atoms with E-state index in [1.807, 2.05) is 12.1 Å². The van der Waals surface area contributed by atoms with Crippen molar-refractivity contribution >= 4 is 5.82 Å². The summed E-state index contributed by atoms with van der Waals surface area (Å²) in [5.74, 6) is 1.63. The fourth-order valence-electron chi connectivity index (χ4n) is 3.41. The van der Waals surface area contributed by atoms with E-state index >= 15 is 0 Å². The van der Waals surface area contributed by atoms with Crippen LogP contribution in [0, 0.1) is 11.7 Å². The molecule has 3 aromatic rings. The van der Waals surface area contributed by atoms with Crippen molar-refractivity contribution in [3.63, 3.8) is 0 Å². The Morgan fingerprint density at radius 3 is 2.93 bits per heavy atom. The van der Waals surface area contributed by atoms with Crippen LogP contribution in [0.15, 0.2) is 47.1 Å². The van der Waals surface area contributed by atoms with Crippen LogP contribution in [0.4, 0.5) is 10.2 Å². The Bertz CT molecular complexity index is 895. The number of nitrogens with zero attached hydrogens (tertiary/aromatic N) is 4. The lowest BCUT2D eigenvalue weighted by Gasteiger charge is -2.29. The van der Waals surface area contributed by atoms with E-state index in [1.54, 1.807) is 24.4 Å². The second kappa shape index (κ2) is 7.84. The molecule has 140 valence electrons. The average Bonchev–Trinajstić information content (AvgIpc) is 3.17. The molecule has 0 aliphatic carbocycles. The minimum Gasteiger partial charge on any atom is -0.370 e. The zero-order valence-electron chi connectivity index (χ0n) is 15.2. The number of rotatable bonds is 5. The molecule has 0 amide bonds. The van der Waals surface area contributed by atoms with Crippen LogP contribution < -0.4 is 5.32 Å². The fraction of sp³-hybridized carbons (Fsp3) is 0.350. The third-order valence-electron chi connectivity index (χ3n) is 4.85. The summed E-state index contributed by atoms with van der Waals surface area (Å²) in [7, 11) is 2.17. The zero-order valence-corrected chi connectivity index (χ0v) is 15.2. The van der Waals surface area contributed by atoms with Gasteiger partial charge in [-0.3, -0.25) is 0 Å². The number of piperidine rings is 1. The van der Waals surface area contributed by atoms with E-state index in [0.29, 0.717) is 22.9 Å². The Labute approximate surface area is 157 Å². The van der Waals surface area contributed by atoms with Crippen molar-refractivity contribution in [1.29, 1.82) is 0 Å². The molecule has 1 aliphatic rings. The average molecular weight is 367 g/mol. The summed E-state index contributed by atoms with van der Waals surface area (Å²) in [4.78, 5) is 11.1. The molecule has 4 rings (SSSR count). The monoisotopic (exact) mass is 367 g/mol. The number of hydrogen-bond donors (Lipinski definition) is 1. The first-order chi connectivity index (χ1) is 13.2. The van der Waals surface area contributed by atoms with E-state index in [1.165, 1.54) is 25.5 Å². The summed E-state index contributed by atoms with van der Waals surface area (Å²) in [6.07, 6.45) is 4.18. The van der Waals surface area contributed by atoms with E-state index in [-0.39, 0.29) is 11.6 Å². The molecule has 7 heteroatoms. The lowest BCUT2D eigenvalue weighted by atomic mass is 9.98. The molecular formula is C20H22FN5O. The van der Waals surface area contributed by atoms with E-state index in [4.69, 9.17) is 4.52 Å². The maximum Gasteiger partial charge on any atom is 0.259 e. The molecule has 3 heterocycles. The van der Waals surface area contributed by atoms with Gasteiger partial charge in [0.1, 0.15) is 11.6 Å². The Kier molecular flexibility index (Phi) is 5.11. The van der Waals surface area contributed by atoms with E-state index in [0.717, 1.165) is 18.9 Å². The number of pyridine rings is 1. The molecule has 1 N–H and O–H groups in total. The Morgan fingerprint density at radius 1 is 1.26 bits per heavy atom. The number of nitrogens with one attached hydrogen (secondary N) is 1. The molecule has 1 aromatic carbocycles. The lowest BCUT2D eigenvalue weighted by Crippen LogP contribution is -2.35. The van der Waals surface area contributed by atoms with Crippen molar-refractivity contribution in [2.24, 2.45) is 5.92 Å². The molecular weight excluding hydrogens is 345 g/mol. The topological polar surface area (TPSA) is 67.1 Å². The van der Waals surface area contributed by atoms with Gasteiger partial charge in [0.15, 0.2) is 0 Å². The smallest absolute Gasteiger partial charge is 0.259 e. The summed E-state index contributed by atoms with van der Waals surface area (Å²) in [5.41, 5.74) is 1.02. The van der Waals surface area contributed by atoms with Crippen LogP contribution in [0.5, 0.6) is 0 Å². The fourth-order valence-corrected chi connectivity index (χ4v) is 3.41. The third kappa shape index (κ3) is 4.14. The van der Waals surface area contributed by atoms with Crippen molar-refractivity contribution in [1.82, 2.24) is 20.0 Å². The largest absolute Gasteiger partial charge is 0.370 e. The van der Waals surface area contributed by atoms with Gasteiger partial charge in [-0.1, -0.05) is 17.3 Å². The van der Waals surface area contributed by atoms with E-state index < -0.39 is 0 Å². The van der Waals surface area contributed by atoms with Gasteiger partial charge >= 0.3 is 0 Å². The standard InChI is InChI=1S/C20H22FN5O/c1-26-10-4-5-14(13-26)11-22-18-9-8-15(12-23-18)20-24-19(25-27-20)16-6-2-3-7-17(16)21/h2-3,6-9,12,14H,4-5,10-11,13H2,1H3,(H,22,23)/t14-/m1/s1. The van der Waals surface area contributed by atoms with Gasteiger partial charge in [0, 0.05) is 19.3 Å². The van der Waals surface area contributed by atoms with Crippen molar-refractivity contribution < 1.29 is 8.91 Å². The number of benzene rings is 1. The van der Waals surface area contributed by atoms with Crippen LogP contribution in [-0.2, 0) is 0 Å². The summed E-state index contributed by atoms with van der Waals surface area (Å²) in [5, 5.41) is 7.27. The molecule has 0 bridgehead atoms. The Morgan fingerprint density at radius 2 is 2.15 bits per heavy atom. The molecule has 0 saturated carbocycles. The number of hydrogen-bond acceptors (Lipinski definition) is 6. The maximum atomic E-state index is 13.9. The highest BCUT2D eigenvalue weighted by Gasteiger charge is 2.17. The molecule has 1 atom stereocenters. The van der Waals surface area contributed by atoms with Crippen LogP contribution in [0.25, 0.3) is 22.8 Å². The predicted octanol–water partition coefficient (Wildman–Crippen LogP) is 3.69. The Hall–Kier alpha value is -2.80. The number of halogens is 1. The van der Waals surface area contributed by atoms with Gasteiger partial charge in [-0.15, -0.1) is 0 Å². The highest BCUT2D eigenvalue weighted by atomic mass is 19.1. The Balaban J connectivity index is 1.41. The molecule has 0 unspecified atom stereocenters. The molecule has 6 nitrogen and oxygen atoms in total. The molecule has 1 fully saturated rings. The van der Waals surface area contributed by atoms with Gasteiger partial charge < -0.3 is 14.7 Å². The normalized spacial score (nSPS) is 17.8. The molecule has 1 saturated heterocycles. The third-order valence-corrected chi connectivity index (χ3v) is 4.85. The highest BCUT2D eigenvalue weighted by molar-refractivity contribution is 5.60. The van der Waals surface area contributed by atoms with E-state index in [9.17, 15) is 4.39 Å². The second-order valence-corrected chi connectivity index (χ2v) is 6.99. The van der Waals surface area contributed by atoms with Crippen molar-refractivity contribution in [2.45, 2.75) is 12.8 Å². The first-order valence-corrected chi connectivity index (χ1v) is 9.16. The minimum absolute atomic E-state index is 0.228. The van der Waals surface area contributed by atoms with Crippen LogP contribution in [0.1, 0.15) is 12.8 Å². The summed E-state index contributed by atoms with van der Waals surface area (Å²) in [6.45, 7) is 3.21. The first-order valence-electron chi connectivity index (χ1n) is 9.16. The number of aromatic nitrogens is 3. The molecule has 0 radical (unpaired) electrons. The van der Waals surface area contributed by atoms with Gasteiger partial charge in [0.25, 0.3) is 5.89 Å². The van der Waals surface area contributed by atoms with Crippen molar-refractivity contribution in [3.05, 3.63) is 48.4 Å². The first kappa shape index (κ1) is 17.6. The van der Waals surface area contributed by atoms with Gasteiger partial charge in [0.2, 0.25) is 5.82 Å². The molecule has 27 heavy (non-hydrogen) atoms. The van der Waals surface area contributed by atoms with Gasteiger partial charge in [0.05, 0.1) is 11.1 Å². The van der Waals surface area contributed by atoms with Gasteiger partial charge in [-0.05, 0) is 56.6 Å². The maximum absolute atomic E-state index is 13.9. The van der Waals surface area contributed by atoms with Crippen LogP contribution >= 0.6 is 0 Å². The molecule has 1 aliphatic heterocycles. The van der Waals surface area contributed by atoms with Gasteiger partial charge in [-0.2, -0.15) is 4.98 Å². The second-order valence-electron chi connectivity index (χ2n) is 6.99. The minimum atomic E-state index is -0.379. The molecule has 0 spiro atoms. The highest BCUT2D eigenvalue weighted by Crippen LogP contribution is 2.24. The number of anilines is 1. The number of likely N-dealkylation sites (tertiary alicyclic amines) is 1. The van der Waals surface area contributed by atoms with Crippen LogP contribution in [0.3, 0.4) is 0 Å². The van der Waals surface area contributed by atoms with Crippen molar-refractivity contribution in [3.8, 4) is 22.8 Å². The zero-order chi connectivity index (χ0) is 18.6. The van der Waals surface area contributed by atoms with Crippen LogP contribution in [0.2, 0.25) is 0 Å². The summed E-state index contributed by atoms with van der Waals surface area (Å²) < 4.78 is 19.1. The van der Waals surface area contributed by atoms with Gasteiger partial charge in [-0.25, -0.2) is 9.37 Å². The van der Waals surface area contributed by atoms with Crippen LogP contribution in [-0.4, -0.2) is 46.7 Å².